The van der Waals surface area contributed by atoms with Crippen LogP contribution in [0, 0.1) is 10.1 Å². The average molecular weight is 305 g/mol. The van der Waals surface area contributed by atoms with Gasteiger partial charge in [0.1, 0.15) is 5.56 Å². The summed E-state index contributed by atoms with van der Waals surface area (Å²) in [4.78, 5) is 26.7. The van der Waals surface area contributed by atoms with Crippen LogP contribution in [0.3, 0.4) is 0 Å². The van der Waals surface area contributed by atoms with Crippen LogP contribution in [0.25, 0.3) is 10.4 Å². The molecule has 0 saturated heterocycles. The fourth-order valence-electron chi connectivity index (χ4n) is 1.60. The summed E-state index contributed by atoms with van der Waals surface area (Å²) >= 11 is 0. The van der Waals surface area contributed by atoms with Crippen LogP contribution >= 0.6 is 0 Å². The van der Waals surface area contributed by atoms with Crippen LogP contribution < -0.4 is 4.74 Å². The largest absolute Gasteiger partial charge is 0.494 e. The van der Waals surface area contributed by atoms with Gasteiger partial charge in [-0.15, -0.1) is 0 Å². The average Bonchev–Trinajstić information content (AvgIpc) is 2.76. The highest BCUT2D eigenvalue weighted by molar-refractivity contribution is 5.96. The van der Waals surface area contributed by atoms with Crippen molar-refractivity contribution in [2.24, 2.45) is 5.11 Å². The van der Waals surface area contributed by atoms with E-state index < -0.39 is 39.7 Å². The van der Waals surface area contributed by atoms with Crippen LogP contribution in [0.2, 0.25) is 0 Å². The van der Waals surface area contributed by atoms with Gasteiger partial charge in [0, 0.05) is 22.7 Å². The number of azide groups is 1. The summed E-state index contributed by atoms with van der Waals surface area (Å²) in [7, 11) is 0. The number of ether oxygens (including phenoxy) is 1. The number of benzene rings is 1. The van der Waals surface area contributed by atoms with Crippen molar-refractivity contribution >= 4 is 17.3 Å². The summed E-state index contributed by atoms with van der Waals surface area (Å²) in [5, 5.41) is 32.6. The Morgan fingerprint density at radius 2 is 2.14 bits per heavy atom. The second kappa shape index (κ2) is 5.73. The first-order valence-corrected chi connectivity index (χ1v) is 5.59. The molecular formula is C11H7N5O6. The predicted octanol–water partition coefficient (Wildman–Crippen LogP) is 2.50. The number of nitrogens with zero attached hydrogens (tertiary/aromatic N) is 4. The molecule has 11 nitrogen and oxygen atoms in total. The second-order valence-corrected chi connectivity index (χ2v) is 3.90. The Hall–Kier alpha value is -3.72. The molecule has 2 aromatic rings. The first-order valence-electron chi connectivity index (χ1n) is 5.59. The summed E-state index contributed by atoms with van der Waals surface area (Å²) in [6, 6.07) is 4.03. The van der Waals surface area contributed by atoms with E-state index in [1.165, 1.54) is 0 Å². The standard InChI is InChI=1S/C11H7N5O6/c12-15-14-5-1-2-7(16(20)21)6(3-5)11(19)22-8-4-9(17)13-10(8)18/h1-4,13,17-18H. The zero-order chi connectivity index (χ0) is 16.3. The molecule has 0 bridgehead atoms. The van der Waals surface area contributed by atoms with Gasteiger partial charge in [0.05, 0.1) is 4.92 Å². The van der Waals surface area contributed by atoms with Gasteiger partial charge in [0.25, 0.3) is 5.69 Å². The molecular weight excluding hydrogens is 298 g/mol. The number of aromatic amines is 1. The molecule has 0 aliphatic rings. The molecule has 1 heterocycles. The molecule has 0 amide bonds. The molecule has 0 aliphatic heterocycles. The van der Waals surface area contributed by atoms with Crippen LogP contribution in [0.15, 0.2) is 29.4 Å². The van der Waals surface area contributed by atoms with E-state index >= 15 is 0 Å². The van der Waals surface area contributed by atoms with Crippen molar-refractivity contribution in [2.75, 3.05) is 0 Å². The lowest BCUT2D eigenvalue weighted by molar-refractivity contribution is -0.385. The van der Waals surface area contributed by atoms with Crippen molar-refractivity contribution in [1.82, 2.24) is 4.98 Å². The van der Waals surface area contributed by atoms with Crippen molar-refractivity contribution in [3.63, 3.8) is 0 Å². The number of H-pyrrole nitrogens is 1. The Bertz CT molecular complexity index is 807. The van der Waals surface area contributed by atoms with E-state index in [4.69, 9.17) is 15.4 Å². The van der Waals surface area contributed by atoms with Gasteiger partial charge in [-0.05, 0) is 17.7 Å². The molecule has 1 aromatic heterocycles. The molecule has 1 aromatic carbocycles. The topological polar surface area (TPSA) is 174 Å². The summed E-state index contributed by atoms with van der Waals surface area (Å²) in [6.07, 6.45) is 0. The molecule has 0 radical (unpaired) electrons. The van der Waals surface area contributed by atoms with Crippen LogP contribution in [-0.2, 0) is 0 Å². The van der Waals surface area contributed by atoms with Crippen molar-refractivity contribution in [3.8, 4) is 17.5 Å². The van der Waals surface area contributed by atoms with Gasteiger partial charge >= 0.3 is 5.97 Å². The van der Waals surface area contributed by atoms with Crippen LogP contribution in [0.1, 0.15) is 10.4 Å². The Balaban J connectivity index is 2.42. The third-order valence-electron chi connectivity index (χ3n) is 2.51. The number of aromatic hydroxyl groups is 2. The van der Waals surface area contributed by atoms with Crippen molar-refractivity contribution in [2.45, 2.75) is 0 Å². The zero-order valence-corrected chi connectivity index (χ0v) is 10.6. The van der Waals surface area contributed by atoms with Gasteiger partial charge in [-0.25, -0.2) is 4.79 Å². The zero-order valence-electron chi connectivity index (χ0n) is 10.6. The van der Waals surface area contributed by atoms with Crippen molar-refractivity contribution < 1.29 is 24.7 Å². The number of hydrogen-bond donors (Lipinski definition) is 3. The highest BCUT2D eigenvalue weighted by atomic mass is 16.6. The van der Waals surface area contributed by atoms with Gasteiger partial charge in [0.15, 0.2) is 11.6 Å². The highest BCUT2D eigenvalue weighted by Gasteiger charge is 2.24. The second-order valence-electron chi connectivity index (χ2n) is 3.90. The van der Waals surface area contributed by atoms with Gasteiger partial charge < -0.3 is 14.9 Å². The van der Waals surface area contributed by atoms with Gasteiger partial charge in [0.2, 0.25) is 5.88 Å². The number of carbonyl (C=O) groups is 1. The van der Waals surface area contributed by atoms with Crippen LogP contribution in [0.5, 0.6) is 17.5 Å². The molecule has 0 unspecified atom stereocenters. The van der Waals surface area contributed by atoms with Crippen molar-refractivity contribution in [1.29, 1.82) is 0 Å². The van der Waals surface area contributed by atoms with Gasteiger partial charge in [-0.1, -0.05) is 5.11 Å². The predicted molar refractivity (Wildman–Crippen MR) is 71.0 cm³/mol. The molecule has 2 rings (SSSR count). The molecule has 11 heteroatoms. The maximum absolute atomic E-state index is 12.0. The van der Waals surface area contributed by atoms with E-state index in [-0.39, 0.29) is 5.69 Å². The van der Waals surface area contributed by atoms with Gasteiger partial charge in [-0.3, -0.25) is 15.1 Å². The number of carbonyl (C=O) groups excluding carboxylic acids is 1. The maximum atomic E-state index is 12.0. The third-order valence-corrected chi connectivity index (χ3v) is 2.51. The molecule has 112 valence electrons. The molecule has 22 heavy (non-hydrogen) atoms. The number of nitrogens with one attached hydrogen (secondary N) is 1. The smallest absolute Gasteiger partial charge is 0.350 e. The van der Waals surface area contributed by atoms with E-state index in [0.717, 1.165) is 24.3 Å². The normalized spacial score (nSPS) is 9.82. The minimum Gasteiger partial charge on any atom is -0.494 e. The molecule has 0 atom stereocenters. The van der Waals surface area contributed by atoms with E-state index in [1.54, 1.807) is 0 Å². The first kappa shape index (κ1) is 14.7. The fourth-order valence-corrected chi connectivity index (χ4v) is 1.60. The summed E-state index contributed by atoms with van der Waals surface area (Å²) in [5.41, 5.74) is 7.27. The Labute approximate surface area is 121 Å². The van der Waals surface area contributed by atoms with Crippen LogP contribution in [0.4, 0.5) is 11.4 Å². The molecule has 0 fully saturated rings. The van der Waals surface area contributed by atoms with Gasteiger partial charge in [-0.2, -0.15) is 0 Å². The molecule has 0 aliphatic carbocycles. The SMILES string of the molecule is [N-]=[N+]=Nc1ccc([N+](=O)[O-])c(C(=O)Oc2cc(O)[nH]c2O)c1. The number of esters is 1. The first-order chi connectivity index (χ1) is 10.4. The summed E-state index contributed by atoms with van der Waals surface area (Å²) in [5.74, 6) is -2.67. The Morgan fingerprint density at radius 3 is 2.68 bits per heavy atom. The minimum atomic E-state index is -1.17. The number of aromatic nitrogens is 1. The number of nitro groups is 1. The third kappa shape index (κ3) is 2.89. The monoisotopic (exact) mass is 305 g/mol. The number of hydrogen-bond acceptors (Lipinski definition) is 7. The fraction of sp³-hybridized carbons (Fsp3) is 0. The lowest BCUT2D eigenvalue weighted by atomic mass is 10.1. The van der Waals surface area contributed by atoms with E-state index in [9.17, 15) is 20.0 Å². The number of nitro benzene ring substituents is 1. The lowest BCUT2D eigenvalue weighted by Gasteiger charge is -2.04. The lowest BCUT2D eigenvalue weighted by Crippen LogP contribution is -2.10. The van der Waals surface area contributed by atoms with E-state index in [1.807, 2.05) is 0 Å². The highest BCUT2D eigenvalue weighted by Crippen LogP contribution is 2.32. The van der Waals surface area contributed by atoms with E-state index in [0.29, 0.717) is 0 Å². The summed E-state index contributed by atoms with van der Waals surface area (Å²) < 4.78 is 4.76. The summed E-state index contributed by atoms with van der Waals surface area (Å²) in [6.45, 7) is 0. The molecule has 3 N–H and O–H groups in total. The van der Waals surface area contributed by atoms with Crippen molar-refractivity contribution in [3.05, 3.63) is 50.4 Å². The molecule has 0 spiro atoms. The van der Waals surface area contributed by atoms with Crippen LogP contribution in [-0.4, -0.2) is 26.1 Å². The van der Waals surface area contributed by atoms with E-state index in [2.05, 4.69) is 15.0 Å². The minimum absolute atomic E-state index is 0.0267. The quantitative estimate of drug-likeness (QED) is 0.195. The number of rotatable bonds is 4. The maximum Gasteiger partial charge on any atom is 0.350 e. The Kier molecular flexibility index (Phi) is 3.82. The molecule has 0 saturated carbocycles. The Morgan fingerprint density at radius 1 is 1.41 bits per heavy atom.